The highest BCUT2D eigenvalue weighted by molar-refractivity contribution is 6.06. The molecule has 0 aromatic carbocycles. The number of nitrogens with zero attached hydrogens (tertiary/aromatic N) is 2. The summed E-state index contributed by atoms with van der Waals surface area (Å²) >= 11 is 0. The average molecular weight is 298 g/mol. The van der Waals surface area contributed by atoms with Gasteiger partial charge in [0.15, 0.2) is 0 Å². The molecule has 0 aromatic rings. The Kier molecular flexibility index (Phi) is 4.56. The third kappa shape index (κ3) is 3.38. The van der Waals surface area contributed by atoms with Crippen molar-refractivity contribution in [1.82, 2.24) is 9.80 Å². The van der Waals surface area contributed by atoms with Gasteiger partial charge in [0.2, 0.25) is 11.8 Å². The van der Waals surface area contributed by atoms with Crippen LogP contribution in [0.25, 0.3) is 0 Å². The van der Waals surface area contributed by atoms with Crippen molar-refractivity contribution in [2.75, 3.05) is 13.1 Å². The number of carbonyl (C=O) groups excluding carboxylic acids is 2. The summed E-state index contributed by atoms with van der Waals surface area (Å²) in [6.07, 6.45) is 3.31. The number of aliphatic carboxylic acids is 2. The number of likely N-dealkylation sites (tertiary alicyclic amines) is 1. The van der Waals surface area contributed by atoms with Crippen LogP contribution in [0.3, 0.4) is 0 Å². The maximum absolute atomic E-state index is 12.4. The van der Waals surface area contributed by atoms with Crippen molar-refractivity contribution < 1.29 is 29.4 Å². The summed E-state index contributed by atoms with van der Waals surface area (Å²) in [6, 6.07) is -1.10. The van der Waals surface area contributed by atoms with E-state index >= 15 is 0 Å². The predicted molar refractivity (Wildman–Crippen MR) is 69.4 cm³/mol. The van der Waals surface area contributed by atoms with Gasteiger partial charge >= 0.3 is 11.9 Å². The first-order valence-electron chi connectivity index (χ1n) is 6.93. The number of imide groups is 1. The molecule has 21 heavy (non-hydrogen) atoms. The minimum atomic E-state index is -1.23. The van der Waals surface area contributed by atoms with E-state index in [1.165, 1.54) is 4.90 Å². The Hall–Kier alpha value is -1.96. The van der Waals surface area contributed by atoms with Gasteiger partial charge in [-0.05, 0) is 12.8 Å². The first kappa shape index (κ1) is 15.4. The highest BCUT2D eigenvalue weighted by atomic mass is 16.4. The maximum atomic E-state index is 12.4. The zero-order valence-corrected chi connectivity index (χ0v) is 11.5. The minimum absolute atomic E-state index is 0.119. The molecule has 0 aromatic heterocycles. The average Bonchev–Trinajstić information content (AvgIpc) is 2.95. The van der Waals surface area contributed by atoms with E-state index in [4.69, 9.17) is 10.2 Å². The minimum Gasteiger partial charge on any atom is -0.480 e. The van der Waals surface area contributed by atoms with Crippen molar-refractivity contribution in [3.63, 3.8) is 0 Å². The number of rotatable bonds is 6. The van der Waals surface area contributed by atoms with Crippen molar-refractivity contribution in [1.29, 1.82) is 0 Å². The van der Waals surface area contributed by atoms with Gasteiger partial charge in [-0.15, -0.1) is 0 Å². The molecule has 8 nitrogen and oxygen atoms in total. The zero-order chi connectivity index (χ0) is 15.6. The van der Waals surface area contributed by atoms with Crippen LogP contribution in [0, 0.1) is 0 Å². The van der Waals surface area contributed by atoms with Crippen molar-refractivity contribution >= 4 is 23.8 Å². The summed E-state index contributed by atoms with van der Waals surface area (Å²) in [5.74, 6) is -3.25. The number of carboxylic acids is 2. The fourth-order valence-electron chi connectivity index (χ4n) is 3.09. The van der Waals surface area contributed by atoms with E-state index in [0.29, 0.717) is 0 Å². The molecule has 0 bridgehead atoms. The molecule has 2 fully saturated rings. The number of hydrogen-bond donors (Lipinski definition) is 2. The van der Waals surface area contributed by atoms with Crippen LogP contribution in [0.5, 0.6) is 0 Å². The van der Waals surface area contributed by atoms with Gasteiger partial charge in [-0.3, -0.25) is 29.0 Å². The predicted octanol–water partition coefficient (Wildman–Crippen LogP) is -0.472. The van der Waals surface area contributed by atoms with Gasteiger partial charge in [-0.1, -0.05) is 12.8 Å². The van der Waals surface area contributed by atoms with E-state index < -0.39 is 37.0 Å². The van der Waals surface area contributed by atoms with Crippen molar-refractivity contribution in [2.45, 2.75) is 44.2 Å². The largest absolute Gasteiger partial charge is 0.480 e. The Morgan fingerprint density at radius 1 is 1.10 bits per heavy atom. The van der Waals surface area contributed by atoms with E-state index in [0.717, 1.165) is 30.6 Å². The molecule has 1 aliphatic carbocycles. The molecule has 116 valence electrons. The van der Waals surface area contributed by atoms with Crippen molar-refractivity contribution in [3.8, 4) is 0 Å². The topological polar surface area (TPSA) is 115 Å². The fourth-order valence-corrected chi connectivity index (χ4v) is 3.09. The molecule has 1 heterocycles. The van der Waals surface area contributed by atoms with Crippen molar-refractivity contribution in [3.05, 3.63) is 0 Å². The van der Waals surface area contributed by atoms with Gasteiger partial charge in [0.05, 0.1) is 25.6 Å². The Morgan fingerprint density at radius 2 is 1.62 bits per heavy atom. The van der Waals surface area contributed by atoms with Crippen LogP contribution in [-0.2, 0) is 19.2 Å². The van der Waals surface area contributed by atoms with Crippen LogP contribution in [0.2, 0.25) is 0 Å². The molecule has 2 aliphatic rings. The van der Waals surface area contributed by atoms with E-state index in [9.17, 15) is 19.2 Å². The van der Waals surface area contributed by atoms with Gasteiger partial charge in [0.25, 0.3) is 0 Å². The number of hydrogen-bond acceptors (Lipinski definition) is 5. The van der Waals surface area contributed by atoms with Gasteiger partial charge in [0, 0.05) is 6.04 Å². The number of amides is 2. The van der Waals surface area contributed by atoms with E-state index in [1.807, 2.05) is 0 Å². The number of carboxylic acid groups (broad SMARTS) is 2. The summed E-state index contributed by atoms with van der Waals surface area (Å²) in [4.78, 5) is 48.3. The smallest absolute Gasteiger partial charge is 0.317 e. The summed E-state index contributed by atoms with van der Waals surface area (Å²) in [5, 5.41) is 17.7. The monoisotopic (exact) mass is 298 g/mol. The second kappa shape index (κ2) is 6.21. The third-order valence-electron chi connectivity index (χ3n) is 3.97. The first-order chi connectivity index (χ1) is 9.90. The standard InChI is InChI=1S/C13H18N2O6/c16-10-5-9(14(6-11(17)18)7-12(19)20)13(21)15(10)8-3-1-2-4-8/h8-9H,1-7H2,(H,17,18)(H,19,20). The van der Waals surface area contributed by atoms with Gasteiger partial charge in [0.1, 0.15) is 0 Å². The normalized spacial score (nSPS) is 23.3. The Morgan fingerprint density at radius 3 is 2.10 bits per heavy atom. The van der Waals surface area contributed by atoms with Crippen LogP contribution < -0.4 is 0 Å². The van der Waals surface area contributed by atoms with Gasteiger partial charge < -0.3 is 10.2 Å². The lowest BCUT2D eigenvalue weighted by molar-refractivity contribution is -0.145. The quantitative estimate of drug-likeness (QED) is 0.637. The van der Waals surface area contributed by atoms with E-state index in [2.05, 4.69) is 0 Å². The summed E-state index contributed by atoms with van der Waals surface area (Å²) in [5.41, 5.74) is 0. The Labute approximate surface area is 121 Å². The van der Waals surface area contributed by atoms with Crippen LogP contribution >= 0.6 is 0 Å². The molecule has 8 heteroatoms. The summed E-state index contributed by atoms with van der Waals surface area (Å²) in [7, 11) is 0. The summed E-state index contributed by atoms with van der Waals surface area (Å²) < 4.78 is 0. The lowest BCUT2D eigenvalue weighted by Crippen LogP contribution is -2.48. The second-order valence-electron chi connectivity index (χ2n) is 5.45. The highest BCUT2D eigenvalue weighted by Crippen LogP contribution is 2.29. The third-order valence-corrected chi connectivity index (χ3v) is 3.97. The van der Waals surface area contributed by atoms with Crippen LogP contribution in [0.1, 0.15) is 32.1 Å². The number of carbonyl (C=O) groups is 4. The molecule has 1 atom stereocenters. The van der Waals surface area contributed by atoms with Gasteiger partial charge in [-0.2, -0.15) is 0 Å². The molecule has 2 amide bonds. The van der Waals surface area contributed by atoms with Crippen molar-refractivity contribution in [2.24, 2.45) is 0 Å². The summed E-state index contributed by atoms with van der Waals surface area (Å²) in [6.45, 7) is -1.15. The van der Waals surface area contributed by atoms with E-state index in [1.54, 1.807) is 0 Å². The fraction of sp³-hybridized carbons (Fsp3) is 0.692. The lowest BCUT2D eigenvalue weighted by atomic mass is 10.2. The molecular formula is C13H18N2O6. The molecule has 1 aliphatic heterocycles. The van der Waals surface area contributed by atoms with E-state index in [-0.39, 0.29) is 18.4 Å². The Bertz CT molecular complexity index is 455. The zero-order valence-electron chi connectivity index (χ0n) is 11.5. The molecule has 1 saturated heterocycles. The Balaban J connectivity index is 2.14. The lowest BCUT2D eigenvalue weighted by Gasteiger charge is -2.26. The molecule has 2 rings (SSSR count). The van der Waals surface area contributed by atoms with Crippen LogP contribution in [-0.4, -0.2) is 68.9 Å². The molecule has 1 unspecified atom stereocenters. The molecule has 1 saturated carbocycles. The van der Waals surface area contributed by atoms with Crippen LogP contribution in [0.4, 0.5) is 0 Å². The van der Waals surface area contributed by atoms with Crippen LogP contribution in [0.15, 0.2) is 0 Å². The molecule has 2 N–H and O–H groups in total. The maximum Gasteiger partial charge on any atom is 0.317 e. The second-order valence-corrected chi connectivity index (χ2v) is 5.45. The van der Waals surface area contributed by atoms with Gasteiger partial charge in [-0.25, -0.2) is 0 Å². The first-order valence-corrected chi connectivity index (χ1v) is 6.93. The SMILES string of the molecule is O=C(O)CN(CC(=O)O)C1CC(=O)N(C2CCCC2)C1=O. The molecule has 0 radical (unpaired) electrons. The molecule has 0 spiro atoms. The highest BCUT2D eigenvalue weighted by Gasteiger charge is 2.46. The molecular weight excluding hydrogens is 280 g/mol.